The van der Waals surface area contributed by atoms with Gasteiger partial charge in [-0.15, -0.1) is 11.3 Å². The molecule has 0 saturated heterocycles. The fourth-order valence-corrected chi connectivity index (χ4v) is 13.8. The van der Waals surface area contributed by atoms with Gasteiger partial charge in [-0.2, -0.15) is 0 Å². The van der Waals surface area contributed by atoms with Crippen LogP contribution in [0.5, 0.6) is 0 Å². The van der Waals surface area contributed by atoms with Crippen molar-refractivity contribution in [2.75, 3.05) is 4.81 Å². The average Bonchev–Trinajstić information content (AvgIpc) is 4.07. The Kier molecular flexibility index (Phi) is 6.91. The van der Waals surface area contributed by atoms with Gasteiger partial charge in [-0.25, -0.2) is 0 Å². The fourth-order valence-electron chi connectivity index (χ4n) is 12.7. The predicted molar refractivity (Wildman–Crippen MR) is 281 cm³/mol. The summed E-state index contributed by atoms with van der Waals surface area (Å²) in [5.41, 5.74) is 19.1. The van der Waals surface area contributed by atoms with E-state index in [1.165, 1.54) is 91.8 Å². The summed E-state index contributed by atoms with van der Waals surface area (Å²) in [6.07, 6.45) is 2.30. The van der Waals surface area contributed by atoms with Crippen LogP contribution in [-0.2, 0) is 16.2 Å². The molecular formula is C60H47BN2O2S. The monoisotopic (exact) mass is 870 g/mol. The number of furan rings is 2. The van der Waals surface area contributed by atoms with Gasteiger partial charge in [-0.1, -0.05) is 121 Å². The highest BCUT2D eigenvalue weighted by Gasteiger charge is 2.47. The molecule has 3 aliphatic rings. The molecule has 0 saturated carbocycles. The van der Waals surface area contributed by atoms with Crippen molar-refractivity contribution in [2.24, 2.45) is 0 Å². The Bertz CT molecular complexity index is 4170. The second kappa shape index (κ2) is 12.2. The zero-order valence-electron chi connectivity index (χ0n) is 38.3. The van der Waals surface area contributed by atoms with E-state index in [1.54, 1.807) is 0 Å². The third kappa shape index (κ3) is 4.65. The summed E-state index contributed by atoms with van der Waals surface area (Å²) in [4.78, 5) is 2.65. The molecule has 0 spiro atoms. The first-order chi connectivity index (χ1) is 31.8. The molecule has 318 valence electrons. The van der Waals surface area contributed by atoms with E-state index in [1.807, 2.05) is 11.3 Å². The second-order valence-corrected chi connectivity index (χ2v) is 23.0. The Labute approximate surface area is 387 Å². The van der Waals surface area contributed by atoms with E-state index in [0.29, 0.717) is 0 Å². The first kappa shape index (κ1) is 37.5. The Morgan fingerprint density at radius 2 is 1.26 bits per heavy atom. The fraction of sp³-hybridized carbons (Fsp3) is 0.200. The molecule has 0 atom stereocenters. The minimum atomic E-state index is -0.173. The molecule has 0 radical (unpaired) electrons. The average molecular weight is 871 g/mol. The molecule has 0 N–H and O–H groups in total. The van der Waals surface area contributed by atoms with E-state index in [0.717, 1.165) is 62.7 Å². The quantitative estimate of drug-likeness (QED) is 0.154. The van der Waals surface area contributed by atoms with Gasteiger partial charge in [-0.05, 0) is 117 Å². The summed E-state index contributed by atoms with van der Waals surface area (Å²) in [5, 5.41) is 9.70. The molecular weight excluding hydrogens is 824 g/mol. The lowest BCUT2D eigenvalue weighted by molar-refractivity contribution is 0.332. The number of hydrogen-bond acceptors (Lipinski definition) is 4. The Hall–Kier alpha value is -6.76. The van der Waals surface area contributed by atoms with Gasteiger partial charge in [0.05, 0.1) is 16.4 Å². The van der Waals surface area contributed by atoms with Gasteiger partial charge in [0.25, 0.3) is 0 Å². The minimum absolute atomic E-state index is 0.0117. The van der Waals surface area contributed by atoms with E-state index in [-0.39, 0.29) is 23.1 Å². The van der Waals surface area contributed by atoms with Crippen molar-refractivity contribution < 1.29 is 8.83 Å². The number of benzene rings is 8. The Morgan fingerprint density at radius 3 is 2.02 bits per heavy atom. The van der Waals surface area contributed by atoms with Crippen LogP contribution in [0.4, 0.5) is 11.4 Å². The summed E-state index contributed by atoms with van der Waals surface area (Å²) < 4.78 is 19.4. The van der Waals surface area contributed by atoms with Crippen LogP contribution < -0.4 is 15.7 Å². The number of thiophene rings is 1. The number of nitrogens with zero attached hydrogens (tertiary/aromatic N) is 2. The molecule has 12 aromatic rings. The summed E-state index contributed by atoms with van der Waals surface area (Å²) in [5.74, 6) is 0. The zero-order chi connectivity index (χ0) is 44.3. The van der Waals surface area contributed by atoms with Gasteiger partial charge >= 0.3 is 6.85 Å². The van der Waals surface area contributed by atoms with Crippen LogP contribution in [0.25, 0.3) is 103 Å². The molecule has 6 heteroatoms. The maximum absolute atomic E-state index is 7.32. The van der Waals surface area contributed by atoms with Crippen LogP contribution in [-0.4, -0.2) is 11.4 Å². The number of aromatic nitrogens is 1. The van der Waals surface area contributed by atoms with Gasteiger partial charge in [-0.3, -0.25) is 0 Å². The number of anilines is 2. The standard InChI is InChI=1S/C60H47BN2O2S/c1-58(2,3)32-20-22-33(23-21-32)63-45-30-49-37(34-14-8-11-17-47(34)64-49)26-39(45)52-53-36-16-9-12-18-48(36)65-57(53)54-40-27-41-42(60(6,7)25-24-59(41,4)5)29-44(40)62-46-31-51-38(35-15-10-13-19-50(35)66-51)28-43(46)61(63)55(52)56(54)62/h8-23,26-31H,24-25H2,1-7H3. The minimum Gasteiger partial charge on any atom is -0.456 e. The van der Waals surface area contributed by atoms with Crippen LogP contribution in [0, 0.1) is 0 Å². The number of fused-ring (bicyclic) bond motifs is 20. The maximum atomic E-state index is 7.32. The van der Waals surface area contributed by atoms with Gasteiger partial charge in [0.2, 0.25) is 0 Å². The maximum Gasteiger partial charge on any atom is 0.333 e. The number of rotatable bonds is 1. The van der Waals surface area contributed by atoms with Crippen LogP contribution >= 0.6 is 11.3 Å². The van der Waals surface area contributed by atoms with Crippen molar-refractivity contribution in [3.8, 4) is 16.8 Å². The molecule has 0 amide bonds. The van der Waals surface area contributed by atoms with Crippen molar-refractivity contribution in [1.82, 2.24) is 4.57 Å². The lowest BCUT2D eigenvalue weighted by Gasteiger charge is -2.42. The van der Waals surface area contributed by atoms with Crippen LogP contribution in [0.2, 0.25) is 0 Å². The predicted octanol–water partition coefficient (Wildman–Crippen LogP) is 15.8. The molecule has 0 fully saturated rings. The number of para-hydroxylation sites is 2. The summed E-state index contributed by atoms with van der Waals surface area (Å²) >= 11 is 1.90. The molecule has 4 aromatic heterocycles. The molecule has 0 bridgehead atoms. The summed E-state index contributed by atoms with van der Waals surface area (Å²) in [6, 6.07) is 50.6. The molecule has 66 heavy (non-hydrogen) atoms. The first-order valence-electron chi connectivity index (χ1n) is 23.7. The van der Waals surface area contributed by atoms with E-state index < -0.39 is 0 Å². The van der Waals surface area contributed by atoms with Gasteiger partial charge < -0.3 is 18.2 Å². The lowest BCUT2D eigenvalue weighted by Crippen LogP contribution is -2.60. The van der Waals surface area contributed by atoms with Crippen molar-refractivity contribution in [3.05, 3.63) is 150 Å². The van der Waals surface area contributed by atoms with Gasteiger partial charge in [0.1, 0.15) is 22.3 Å². The summed E-state index contributed by atoms with van der Waals surface area (Å²) in [7, 11) is 0. The van der Waals surface area contributed by atoms with E-state index in [2.05, 4.69) is 191 Å². The van der Waals surface area contributed by atoms with Gasteiger partial charge in [0, 0.05) is 75.8 Å². The van der Waals surface area contributed by atoms with Crippen molar-refractivity contribution in [3.63, 3.8) is 0 Å². The van der Waals surface area contributed by atoms with E-state index in [4.69, 9.17) is 8.83 Å². The molecule has 1 aliphatic carbocycles. The molecule has 15 rings (SSSR count). The molecule has 8 aromatic carbocycles. The first-order valence-corrected chi connectivity index (χ1v) is 24.5. The Morgan fingerprint density at radius 1 is 0.576 bits per heavy atom. The molecule has 2 aliphatic heterocycles. The lowest BCUT2D eigenvalue weighted by atomic mass is 9.43. The summed E-state index contributed by atoms with van der Waals surface area (Å²) in [6.45, 7) is 16.5. The molecule has 0 unspecified atom stereocenters. The SMILES string of the molecule is CC(C)(C)c1ccc(N2B3c4cc5c(cc4-n4c6cc7c(cc6c6c8oc9ccccc9c8c(c3c64)-c3cc4c(cc32)oc2ccccc24)C(C)(C)CCC7(C)C)sc2ccccc25)cc1. The number of hydrogen-bond donors (Lipinski definition) is 0. The van der Waals surface area contributed by atoms with Crippen LogP contribution in [0.15, 0.2) is 142 Å². The van der Waals surface area contributed by atoms with Crippen molar-refractivity contribution >= 4 is 126 Å². The van der Waals surface area contributed by atoms with Gasteiger partial charge in [0.15, 0.2) is 0 Å². The highest BCUT2D eigenvalue weighted by atomic mass is 32.1. The third-order valence-electron chi connectivity index (χ3n) is 16.2. The molecule has 6 heterocycles. The largest absolute Gasteiger partial charge is 0.456 e. The van der Waals surface area contributed by atoms with Crippen molar-refractivity contribution in [2.45, 2.75) is 77.6 Å². The second-order valence-electron chi connectivity index (χ2n) is 21.9. The van der Waals surface area contributed by atoms with Crippen LogP contribution in [0.3, 0.4) is 0 Å². The zero-order valence-corrected chi connectivity index (χ0v) is 39.1. The Balaban J connectivity index is 1.21. The van der Waals surface area contributed by atoms with E-state index in [9.17, 15) is 0 Å². The van der Waals surface area contributed by atoms with Crippen LogP contribution in [0.1, 0.15) is 78.0 Å². The van der Waals surface area contributed by atoms with E-state index >= 15 is 0 Å². The normalized spacial score (nSPS) is 16.2. The third-order valence-corrected chi connectivity index (χ3v) is 17.3. The smallest absolute Gasteiger partial charge is 0.333 e. The van der Waals surface area contributed by atoms with Crippen molar-refractivity contribution in [1.29, 1.82) is 0 Å². The molecule has 4 nitrogen and oxygen atoms in total. The highest BCUT2D eigenvalue weighted by Crippen LogP contribution is 2.55. The topological polar surface area (TPSA) is 34.5 Å². The highest BCUT2D eigenvalue weighted by molar-refractivity contribution is 7.26.